The molecule has 5 heteroatoms. The second-order valence-electron chi connectivity index (χ2n) is 2.82. The maximum Gasteiger partial charge on any atom is 0.211 e. The molecule has 0 bridgehead atoms. The number of rotatable bonds is 1. The number of hydrogen-bond acceptors (Lipinski definition) is 3. The fraction of sp³-hybridized carbons (Fsp3) is 1.00. The molecule has 0 amide bonds. The van der Waals surface area contributed by atoms with Crippen LogP contribution in [0.25, 0.3) is 0 Å². The largest absolute Gasteiger partial charge is 0.328 e. The molecule has 1 fully saturated rings. The Bertz CT molecular complexity index is 253. The summed E-state index contributed by atoms with van der Waals surface area (Å²) in [6.07, 6.45) is 2.01. The van der Waals surface area contributed by atoms with E-state index >= 15 is 0 Å². The summed E-state index contributed by atoms with van der Waals surface area (Å²) in [5.74, 6) is 0. The molecule has 0 saturated carbocycles. The van der Waals surface area contributed by atoms with Gasteiger partial charge in [0.05, 0.1) is 6.26 Å². The van der Waals surface area contributed by atoms with E-state index in [1.54, 1.807) is 0 Å². The van der Waals surface area contributed by atoms with E-state index in [4.69, 9.17) is 7.10 Å². The summed E-state index contributed by atoms with van der Waals surface area (Å²) in [5, 5.41) is 0. The first-order valence-electron chi connectivity index (χ1n) is 4.05. The standard InChI is InChI=1S/C6H14N2O2S/c1-11(9,10)8-4-2-6(7)3-5-8/h6H,2-5,7H2,1H3/i6D. The van der Waals surface area contributed by atoms with Gasteiger partial charge in [0.15, 0.2) is 0 Å². The van der Waals surface area contributed by atoms with Gasteiger partial charge in [0.1, 0.15) is 0 Å². The lowest BCUT2D eigenvalue weighted by atomic mass is 10.1. The Hall–Kier alpha value is -0.130. The highest BCUT2D eigenvalue weighted by molar-refractivity contribution is 7.88. The van der Waals surface area contributed by atoms with Gasteiger partial charge in [-0.3, -0.25) is 0 Å². The molecule has 0 radical (unpaired) electrons. The lowest BCUT2D eigenvalue weighted by Gasteiger charge is -2.27. The minimum Gasteiger partial charge on any atom is -0.328 e. The Labute approximate surface area is 68.8 Å². The van der Waals surface area contributed by atoms with E-state index in [9.17, 15) is 8.42 Å². The first-order valence-corrected chi connectivity index (χ1v) is 5.40. The monoisotopic (exact) mass is 179 g/mol. The lowest BCUT2D eigenvalue weighted by molar-refractivity contribution is 0.322. The van der Waals surface area contributed by atoms with E-state index < -0.39 is 16.0 Å². The second kappa shape index (κ2) is 3.08. The zero-order valence-corrected chi connectivity index (χ0v) is 7.39. The summed E-state index contributed by atoms with van der Waals surface area (Å²) >= 11 is 0. The van der Waals surface area contributed by atoms with Gasteiger partial charge in [-0.1, -0.05) is 0 Å². The van der Waals surface area contributed by atoms with Crippen LogP contribution in [0.4, 0.5) is 0 Å². The molecule has 1 aliphatic heterocycles. The van der Waals surface area contributed by atoms with Gasteiger partial charge in [-0.25, -0.2) is 12.7 Å². The Balaban J connectivity index is 2.59. The molecular formula is C6H14N2O2S. The van der Waals surface area contributed by atoms with Gasteiger partial charge in [-0.15, -0.1) is 0 Å². The number of sulfonamides is 1. The minimum atomic E-state index is -3.08. The Morgan fingerprint density at radius 2 is 2.00 bits per heavy atom. The van der Waals surface area contributed by atoms with Crippen molar-refractivity contribution in [3.63, 3.8) is 0 Å². The normalized spacial score (nSPS) is 28.0. The molecule has 1 saturated heterocycles. The van der Waals surface area contributed by atoms with Crippen molar-refractivity contribution in [1.82, 2.24) is 4.31 Å². The third-order valence-corrected chi connectivity index (χ3v) is 3.14. The Kier molecular flexibility index (Phi) is 2.11. The fourth-order valence-corrected chi connectivity index (χ4v) is 1.95. The van der Waals surface area contributed by atoms with Gasteiger partial charge in [0, 0.05) is 20.5 Å². The molecule has 1 aliphatic rings. The van der Waals surface area contributed by atoms with E-state index in [0.29, 0.717) is 25.9 Å². The smallest absolute Gasteiger partial charge is 0.211 e. The van der Waals surface area contributed by atoms with Gasteiger partial charge >= 0.3 is 0 Å². The summed E-state index contributed by atoms with van der Waals surface area (Å²) in [7, 11) is -3.08. The molecule has 4 nitrogen and oxygen atoms in total. The van der Waals surface area contributed by atoms with Crippen molar-refractivity contribution >= 4 is 10.0 Å². The first kappa shape index (κ1) is 7.52. The predicted octanol–water partition coefficient (Wildman–Crippen LogP) is -0.631. The van der Waals surface area contributed by atoms with Gasteiger partial charge in [-0.05, 0) is 12.8 Å². The van der Waals surface area contributed by atoms with Crippen LogP contribution in [-0.4, -0.2) is 38.1 Å². The van der Waals surface area contributed by atoms with E-state index in [-0.39, 0.29) is 0 Å². The van der Waals surface area contributed by atoms with Gasteiger partial charge in [-0.2, -0.15) is 0 Å². The average molecular weight is 179 g/mol. The molecule has 0 aliphatic carbocycles. The van der Waals surface area contributed by atoms with Crippen molar-refractivity contribution in [3.8, 4) is 0 Å². The van der Waals surface area contributed by atoms with Crippen molar-refractivity contribution in [3.05, 3.63) is 0 Å². The maximum atomic E-state index is 11.0. The van der Waals surface area contributed by atoms with Crippen LogP contribution in [0.1, 0.15) is 14.2 Å². The molecule has 0 aromatic rings. The lowest BCUT2D eigenvalue weighted by Crippen LogP contribution is -2.42. The van der Waals surface area contributed by atoms with Crippen LogP contribution in [0, 0.1) is 0 Å². The van der Waals surface area contributed by atoms with Crippen LogP contribution in [0.2, 0.25) is 0 Å². The summed E-state index contributed by atoms with van der Waals surface area (Å²) < 4.78 is 30.9. The van der Waals surface area contributed by atoms with Crippen LogP contribution < -0.4 is 5.73 Å². The molecule has 0 atom stereocenters. The van der Waals surface area contributed by atoms with Gasteiger partial charge < -0.3 is 5.73 Å². The van der Waals surface area contributed by atoms with E-state index in [1.165, 1.54) is 10.6 Å². The zero-order valence-electron chi connectivity index (χ0n) is 7.58. The molecule has 0 spiro atoms. The van der Waals surface area contributed by atoms with Gasteiger partial charge in [0.2, 0.25) is 10.0 Å². The summed E-state index contributed by atoms with van der Waals surface area (Å²) in [6, 6.07) is -0.929. The number of hydrogen-bond donors (Lipinski definition) is 1. The van der Waals surface area contributed by atoms with E-state index in [0.717, 1.165) is 0 Å². The third kappa shape index (κ3) is 2.43. The van der Waals surface area contributed by atoms with Crippen LogP contribution in [-0.2, 0) is 10.0 Å². The molecule has 11 heavy (non-hydrogen) atoms. The molecule has 0 aromatic carbocycles. The highest BCUT2D eigenvalue weighted by Gasteiger charge is 2.22. The Morgan fingerprint density at radius 1 is 1.55 bits per heavy atom. The van der Waals surface area contributed by atoms with Crippen molar-refractivity contribution in [2.45, 2.75) is 18.9 Å². The highest BCUT2D eigenvalue weighted by atomic mass is 32.2. The van der Waals surface area contributed by atoms with Crippen LogP contribution in [0.5, 0.6) is 0 Å². The first-order chi connectivity index (χ1) is 5.31. The van der Waals surface area contributed by atoms with Crippen molar-refractivity contribution < 1.29 is 9.79 Å². The molecule has 1 heterocycles. The summed E-state index contributed by atoms with van der Waals surface area (Å²) in [5.41, 5.74) is 5.53. The molecule has 0 aromatic heterocycles. The topological polar surface area (TPSA) is 63.4 Å². The van der Waals surface area contributed by atoms with E-state index in [2.05, 4.69) is 0 Å². The molecule has 66 valence electrons. The van der Waals surface area contributed by atoms with Crippen LogP contribution >= 0.6 is 0 Å². The second-order valence-corrected chi connectivity index (χ2v) is 4.80. The summed E-state index contributed by atoms with van der Waals surface area (Å²) in [6.45, 7) is 0.748. The van der Waals surface area contributed by atoms with Crippen LogP contribution in [0.15, 0.2) is 0 Å². The SMILES string of the molecule is [2H]C1(N)CCN(S(C)(=O)=O)CC1. The Morgan fingerprint density at radius 3 is 2.36 bits per heavy atom. The third-order valence-electron chi connectivity index (χ3n) is 1.83. The average Bonchev–Trinajstić information content (AvgIpc) is 1.83. The maximum absolute atomic E-state index is 11.0. The van der Waals surface area contributed by atoms with E-state index in [1.807, 2.05) is 0 Å². The minimum absolute atomic E-state index is 0.374. The van der Waals surface area contributed by atoms with Crippen molar-refractivity contribution in [2.75, 3.05) is 19.3 Å². The predicted molar refractivity (Wildman–Crippen MR) is 43.6 cm³/mol. The van der Waals surface area contributed by atoms with Crippen LogP contribution in [0.3, 0.4) is 0 Å². The molecular weight excluding hydrogens is 164 g/mol. The highest BCUT2D eigenvalue weighted by Crippen LogP contribution is 2.10. The molecule has 1 rings (SSSR count). The van der Waals surface area contributed by atoms with Gasteiger partial charge in [0.25, 0.3) is 0 Å². The van der Waals surface area contributed by atoms with Crippen molar-refractivity contribution in [2.24, 2.45) is 5.73 Å². The fourth-order valence-electron chi connectivity index (χ4n) is 1.11. The quantitative estimate of drug-likeness (QED) is 0.583. The summed E-state index contributed by atoms with van der Waals surface area (Å²) in [4.78, 5) is 0. The number of piperidine rings is 1. The molecule has 0 unspecified atom stereocenters. The number of nitrogens with two attached hydrogens (primary N) is 1. The van der Waals surface area contributed by atoms with Crippen molar-refractivity contribution in [1.29, 1.82) is 0 Å². The zero-order chi connectivity index (χ0) is 9.41. The molecule has 2 N–H and O–H groups in total. The number of nitrogens with zero attached hydrogens (tertiary/aromatic N) is 1.